The molecule has 1 fully saturated rings. The fraction of sp³-hybridized carbons (Fsp3) is 0.647. The first kappa shape index (κ1) is 14.9. The van der Waals surface area contributed by atoms with Crippen molar-refractivity contribution in [1.29, 1.82) is 0 Å². The fourth-order valence-electron chi connectivity index (χ4n) is 3.06. The van der Waals surface area contributed by atoms with Crippen LogP contribution in [-0.2, 0) is 6.42 Å². The number of nitrogens with one attached hydrogen (secondary N) is 1. The summed E-state index contributed by atoms with van der Waals surface area (Å²) < 4.78 is 0. The zero-order valence-electron chi connectivity index (χ0n) is 12.0. The number of rotatable bonds is 6. The van der Waals surface area contributed by atoms with Gasteiger partial charge in [0.2, 0.25) is 0 Å². The summed E-state index contributed by atoms with van der Waals surface area (Å²) in [5.74, 6) is 0.976. The van der Waals surface area contributed by atoms with Gasteiger partial charge in [0.15, 0.2) is 0 Å². The lowest BCUT2D eigenvalue weighted by molar-refractivity contribution is 0.329. The highest BCUT2D eigenvalue weighted by molar-refractivity contribution is 6.30. The summed E-state index contributed by atoms with van der Waals surface area (Å²) in [4.78, 5) is 0. The Morgan fingerprint density at radius 3 is 2.53 bits per heavy atom. The first-order valence-electron chi connectivity index (χ1n) is 7.72. The number of hydrogen-bond donors (Lipinski definition) is 1. The largest absolute Gasteiger partial charge is 0.314 e. The molecule has 0 spiro atoms. The van der Waals surface area contributed by atoms with Gasteiger partial charge in [0.25, 0.3) is 0 Å². The van der Waals surface area contributed by atoms with E-state index < -0.39 is 0 Å². The molecule has 19 heavy (non-hydrogen) atoms. The fourth-order valence-corrected chi connectivity index (χ4v) is 3.18. The van der Waals surface area contributed by atoms with E-state index in [9.17, 15) is 0 Å². The molecule has 2 heteroatoms. The Kier molecular flexibility index (Phi) is 6.19. The first-order chi connectivity index (χ1) is 9.24. The van der Waals surface area contributed by atoms with Crippen LogP contribution in [0, 0.1) is 5.92 Å². The number of benzene rings is 1. The van der Waals surface area contributed by atoms with Crippen LogP contribution in [0.5, 0.6) is 0 Å². The van der Waals surface area contributed by atoms with Gasteiger partial charge in [-0.3, -0.25) is 0 Å². The van der Waals surface area contributed by atoms with Crippen molar-refractivity contribution < 1.29 is 0 Å². The summed E-state index contributed by atoms with van der Waals surface area (Å²) in [6.07, 6.45) is 9.69. The summed E-state index contributed by atoms with van der Waals surface area (Å²) in [6.45, 7) is 3.44. The predicted octanol–water partition coefficient (Wildman–Crippen LogP) is 4.83. The second-order valence-corrected chi connectivity index (χ2v) is 6.41. The Morgan fingerprint density at radius 1 is 1.16 bits per heavy atom. The van der Waals surface area contributed by atoms with Crippen molar-refractivity contribution in [2.45, 2.75) is 57.9 Å². The van der Waals surface area contributed by atoms with Gasteiger partial charge in [0.1, 0.15) is 0 Å². The average Bonchev–Trinajstić information content (AvgIpc) is 2.43. The SMILES string of the molecule is CC(Cc1ccc(Cl)cc1)NCCC1CCCCC1. The van der Waals surface area contributed by atoms with Gasteiger partial charge in [-0.05, 0) is 49.9 Å². The third-order valence-electron chi connectivity index (χ3n) is 4.23. The van der Waals surface area contributed by atoms with E-state index in [0.29, 0.717) is 6.04 Å². The molecule has 1 aromatic carbocycles. The Balaban J connectivity index is 1.63. The van der Waals surface area contributed by atoms with Gasteiger partial charge in [0, 0.05) is 11.1 Å². The van der Waals surface area contributed by atoms with E-state index in [0.717, 1.165) is 17.4 Å². The summed E-state index contributed by atoms with van der Waals surface area (Å²) in [6, 6.07) is 8.75. The van der Waals surface area contributed by atoms with Gasteiger partial charge >= 0.3 is 0 Å². The lowest BCUT2D eigenvalue weighted by atomic mass is 9.87. The molecule has 1 unspecified atom stereocenters. The lowest BCUT2D eigenvalue weighted by Crippen LogP contribution is -2.30. The number of halogens is 1. The van der Waals surface area contributed by atoms with Crippen molar-refractivity contribution in [3.63, 3.8) is 0 Å². The average molecular weight is 280 g/mol. The molecular weight excluding hydrogens is 254 g/mol. The molecule has 0 saturated heterocycles. The van der Waals surface area contributed by atoms with Crippen LogP contribution in [0.15, 0.2) is 24.3 Å². The normalized spacial score (nSPS) is 18.4. The molecule has 1 aliphatic rings. The zero-order valence-corrected chi connectivity index (χ0v) is 12.8. The summed E-state index contributed by atoms with van der Waals surface area (Å²) >= 11 is 5.90. The van der Waals surface area contributed by atoms with Gasteiger partial charge in [-0.2, -0.15) is 0 Å². The molecule has 1 aromatic rings. The van der Waals surface area contributed by atoms with Gasteiger partial charge in [0.05, 0.1) is 0 Å². The first-order valence-corrected chi connectivity index (χ1v) is 8.09. The molecule has 0 radical (unpaired) electrons. The minimum absolute atomic E-state index is 0.546. The molecule has 1 aliphatic carbocycles. The summed E-state index contributed by atoms with van der Waals surface area (Å²) in [5, 5.41) is 4.48. The maximum absolute atomic E-state index is 5.90. The van der Waals surface area contributed by atoms with E-state index in [1.165, 1.54) is 50.6 Å². The molecule has 0 amide bonds. The molecule has 106 valence electrons. The van der Waals surface area contributed by atoms with Crippen molar-refractivity contribution >= 4 is 11.6 Å². The van der Waals surface area contributed by atoms with E-state index in [4.69, 9.17) is 11.6 Å². The van der Waals surface area contributed by atoms with Crippen LogP contribution >= 0.6 is 11.6 Å². The molecule has 1 N–H and O–H groups in total. The van der Waals surface area contributed by atoms with Gasteiger partial charge in [-0.25, -0.2) is 0 Å². The van der Waals surface area contributed by atoms with E-state index in [-0.39, 0.29) is 0 Å². The molecule has 0 heterocycles. The van der Waals surface area contributed by atoms with Crippen LogP contribution in [0.4, 0.5) is 0 Å². The Hall–Kier alpha value is -0.530. The molecular formula is C17H26ClN. The van der Waals surface area contributed by atoms with Crippen LogP contribution in [0.3, 0.4) is 0 Å². The van der Waals surface area contributed by atoms with Crippen molar-refractivity contribution in [3.8, 4) is 0 Å². The van der Waals surface area contributed by atoms with Crippen LogP contribution in [0.25, 0.3) is 0 Å². The second-order valence-electron chi connectivity index (χ2n) is 5.98. The minimum atomic E-state index is 0.546. The van der Waals surface area contributed by atoms with Crippen LogP contribution in [0.2, 0.25) is 5.02 Å². The smallest absolute Gasteiger partial charge is 0.0406 e. The number of hydrogen-bond acceptors (Lipinski definition) is 1. The van der Waals surface area contributed by atoms with E-state index >= 15 is 0 Å². The zero-order chi connectivity index (χ0) is 13.5. The molecule has 1 saturated carbocycles. The third-order valence-corrected chi connectivity index (χ3v) is 4.48. The summed E-state index contributed by atoms with van der Waals surface area (Å²) in [7, 11) is 0. The summed E-state index contributed by atoms with van der Waals surface area (Å²) in [5.41, 5.74) is 1.36. The van der Waals surface area contributed by atoms with Gasteiger partial charge in [-0.15, -0.1) is 0 Å². The van der Waals surface area contributed by atoms with Crippen LogP contribution in [0.1, 0.15) is 51.0 Å². The van der Waals surface area contributed by atoms with Crippen molar-refractivity contribution in [2.24, 2.45) is 5.92 Å². The Bertz CT molecular complexity index is 354. The highest BCUT2D eigenvalue weighted by atomic mass is 35.5. The third kappa shape index (κ3) is 5.54. The molecule has 2 rings (SSSR count). The maximum Gasteiger partial charge on any atom is 0.0406 e. The van der Waals surface area contributed by atoms with Crippen LogP contribution < -0.4 is 5.32 Å². The second kappa shape index (κ2) is 7.91. The van der Waals surface area contributed by atoms with Crippen molar-refractivity contribution in [3.05, 3.63) is 34.9 Å². The van der Waals surface area contributed by atoms with E-state index in [2.05, 4.69) is 24.4 Å². The Morgan fingerprint density at radius 2 is 1.84 bits per heavy atom. The highest BCUT2D eigenvalue weighted by Gasteiger charge is 2.13. The minimum Gasteiger partial charge on any atom is -0.314 e. The quantitative estimate of drug-likeness (QED) is 0.786. The molecule has 0 bridgehead atoms. The molecule has 0 aromatic heterocycles. The standard InChI is InChI=1S/C17H26ClN/c1-14(13-16-7-9-17(18)10-8-16)19-12-11-15-5-3-2-4-6-15/h7-10,14-15,19H,2-6,11-13H2,1H3. The highest BCUT2D eigenvalue weighted by Crippen LogP contribution is 2.25. The predicted molar refractivity (Wildman–Crippen MR) is 83.8 cm³/mol. The molecule has 0 aliphatic heterocycles. The monoisotopic (exact) mass is 279 g/mol. The van der Waals surface area contributed by atoms with E-state index in [1.54, 1.807) is 0 Å². The van der Waals surface area contributed by atoms with Gasteiger partial charge < -0.3 is 5.32 Å². The molecule has 1 atom stereocenters. The van der Waals surface area contributed by atoms with Crippen molar-refractivity contribution in [1.82, 2.24) is 5.32 Å². The van der Waals surface area contributed by atoms with Crippen molar-refractivity contribution in [2.75, 3.05) is 6.54 Å². The molecule has 1 nitrogen and oxygen atoms in total. The van der Waals surface area contributed by atoms with Gasteiger partial charge in [-0.1, -0.05) is 55.8 Å². The lowest BCUT2D eigenvalue weighted by Gasteiger charge is -2.22. The topological polar surface area (TPSA) is 12.0 Å². The van der Waals surface area contributed by atoms with E-state index in [1.807, 2.05) is 12.1 Å². The van der Waals surface area contributed by atoms with Crippen LogP contribution in [-0.4, -0.2) is 12.6 Å². The Labute approximate surface area is 122 Å². The maximum atomic E-state index is 5.90.